The first-order valence-corrected chi connectivity index (χ1v) is 8.61. The van der Waals surface area contributed by atoms with Crippen LogP contribution in [0.3, 0.4) is 0 Å². The molecule has 1 saturated heterocycles. The summed E-state index contributed by atoms with van der Waals surface area (Å²) in [5.74, 6) is 0. The Kier molecular flexibility index (Phi) is 4.82. The van der Waals surface area contributed by atoms with E-state index in [1.807, 2.05) is 6.92 Å². The summed E-state index contributed by atoms with van der Waals surface area (Å²) in [5, 5.41) is 9.67. The molecule has 0 radical (unpaired) electrons. The van der Waals surface area contributed by atoms with Crippen molar-refractivity contribution in [1.29, 1.82) is 0 Å². The molecule has 0 spiro atoms. The number of nitrogens with zero attached hydrogens (tertiary/aromatic N) is 3. The molecule has 0 amide bonds. The van der Waals surface area contributed by atoms with Gasteiger partial charge in [-0.1, -0.05) is 6.42 Å². The molecule has 7 heteroatoms. The second-order valence-corrected chi connectivity index (χ2v) is 7.23. The standard InChI is InChI=1S/C13H23N3O3S/c1-3-15-9-13(14-10-15)20(18,19)16-7-5-4-6-12(16)8-11(2)17/h9-12,17H,3-8H2,1-2H3. The Balaban J connectivity index is 2.25. The van der Waals surface area contributed by atoms with Crippen LogP contribution in [0.5, 0.6) is 0 Å². The summed E-state index contributed by atoms with van der Waals surface area (Å²) in [4.78, 5) is 4.02. The van der Waals surface area contributed by atoms with Crippen LogP contribution in [0.25, 0.3) is 0 Å². The van der Waals surface area contributed by atoms with Gasteiger partial charge in [-0.05, 0) is 33.1 Å². The van der Waals surface area contributed by atoms with Crippen LogP contribution in [-0.2, 0) is 16.6 Å². The lowest BCUT2D eigenvalue weighted by Gasteiger charge is -2.34. The largest absolute Gasteiger partial charge is 0.393 e. The number of imidazole rings is 1. The van der Waals surface area contributed by atoms with Gasteiger partial charge in [-0.25, -0.2) is 13.4 Å². The molecule has 2 unspecified atom stereocenters. The average Bonchev–Trinajstić information content (AvgIpc) is 2.88. The van der Waals surface area contributed by atoms with Crippen molar-refractivity contribution in [2.75, 3.05) is 6.54 Å². The highest BCUT2D eigenvalue weighted by atomic mass is 32.2. The highest BCUT2D eigenvalue weighted by Gasteiger charge is 2.35. The zero-order valence-electron chi connectivity index (χ0n) is 12.1. The molecule has 1 aromatic heterocycles. The van der Waals surface area contributed by atoms with Gasteiger partial charge in [-0.15, -0.1) is 0 Å². The fourth-order valence-electron chi connectivity index (χ4n) is 2.69. The Bertz CT molecular complexity index is 539. The van der Waals surface area contributed by atoms with Crippen LogP contribution in [0.2, 0.25) is 0 Å². The van der Waals surface area contributed by atoms with Gasteiger partial charge in [0.05, 0.1) is 12.4 Å². The lowest BCUT2D eigenvalue weighted by Crippen LogP contribution is -2.45. The molecule has 2 rings (SSSR count). The predicted octanol–water partition coefficient (Wildman–Crippen LogP) is 1.22. The van der Waals surface area contributed by atoms with E-state index in [0.29, 0.717) is 19.5 Å². The van der Waals surface area contributed by atoms with Crippen LogP contribution in [0.4, 0.5) is 0 Å². The minimum Gasteiger partial charge on any atom is -0.393 e. The minimum atomic E-state index is -3.56. The number of aryl methyl sites for hydroxylation is 1. The first-order valence-electron chi connectivity index (χ1n) is 7.16. The van der Waals surface area contributed by atoms with Crippen molar-refractivity contribution >= 4 is 10.0 Å². The monoisotopic (exact) mass is 301 g/mol. The van der Waals surface area contributed by atoms with Crippen molar-refractivity contribution in [3.05, 3.63) is 12.5 Å². The van der Waals surface area contributed by atoms with E-state index < -0.39 is 16.1 Å². The molecule has 6 nitrogen and oxygen atoms in total. The molecule has 0 bridgehead atoms. The summed E-state index contributed by atoms with van der Waals surface area (Å²) < 4.78 is 28.6. The van der Waals surface area contributed by atoms with Crippen LogP contribution in [0.15, 0.2) is 17.6 Å². The van der Waals surface area contributed by atoms with E-state index in [9.17, 15) is 13.5 Å². The maximum Gasteiger partial charge on any atom is 0.262 e. The number of hydrogen-bond acceptors (Lipinski definition) is 4. The van der Waals surface area contributed by atoms with E-state index >= 15 is 0 Å². The molecule has 2 atom stereocenters. The Morgan fingerprint density at radius 1 is 1.50 bits per heavy atom. The summed E-state index contributed by atoms with van der Waals surface area (Å²) in [6.45, 7) is 4.85. The van der Waals surface area contributed by atoms with E-state index in [1.54, 1.807) is 24.0 Å². The maximum absolute atomic E-state index is 12.7. The summed E-state index contributed by atoms with van der Waals surface area (Å²) in [6, 6.07) is -0.125. The Morgan fingerprint density at radius 2 is 2.25 bits per heavy atom. The molecule has 1 aliphatic heterocycles. The van der Waals surface area contributed by atoms with Gasteiger partial charge in [0.2, 0.25) is 0 Å². The smallest absolute Gasteiger partial charge is 0.262 e. The van der Waals surface area contributed by atoms with E-state index in [1.165, 1.54) is 4.31 Å². The zero-order chi connectivity index (χ0) is 14.8. The second kappa shape index (κ2) is 6.24. The van der Waals surface area contributed by atoms with Gasteiger partial charge in [0, 0.05) is 25.3 Å². The molecule has 1 aromatic rings. The maximum atomic E-state index is 12.7. The first-order chi connectivity index (χ1) is 9.45. The van der Waals surface area contributed by atoms with Gasteiger partial charge < -0.3 is 9.67 Å². The fourth-order valence-corrected chi connectivity index (χ4v) is 4.33. The number of aliphatic hydroxyl groups is 1. The third kappa shape index (κ3) is 3.21. The van der Waals surface area contributed by atoms with Crippen molar-refractivity contribution < 1.29 is 13.5 Å². The van der Waals surface area contributed by atoms with Gasteiger partial charge in [0.25, 0.3) is 10.0 Å². The number of sulfonamides is 1. The van der Waals surface area contributed by atoms with Gasteiger partial charge in [0.1, 0.15) is 0 Å². The molecular weight excluding hydrogens is 278 g/mol. The van der Waals surface area contributed by atoms with E-state index in [4.69, 9.17) is 0 Å². The zero-order valence-corrected chi connectivity index (χ0v) is 12.9. The highest BCUT2D eigenvalue weighted by molar-refractivity contribution is 7.89. The van der Waals surface area contributed by atoms with Crippen molar-refractivity contribution in [2.24, 2.45) is 0 Å². The number of rotatable bonds is 5. The summed E-state index contributed by atoms with van der Waals surface area (Å²) in [6.07, 6.45) is 5.77. The SMILES string of the molecule is CCn1cnc(S(=O)(=O)N2CCCCC2CC(C)O)c1. The quantitative estimate of drug-likeness (QED) is 0.887. The molecule has 2 heterocycles. The lowest BCUT2D eigenvalue weighted by atomic mass is 10.00. The molecule has 114 valence electrons. The van der Waals surface area contributed by atoms with E-state index in [-0.39, 0.29) is 11.1 Å². The van der Waals surface area contributed by atoms with Gasteiger partial charge >= 0.3 is 0 Å². The minimum absolute atomic E-state index is 0.108. The molecule has 0 saturated carbocycles. The average molecular weight is 301 g/mol. The molecule has 20 heavy (non-hydrogen) atoms. The first kappa shape index (κ1) is 15.5. The van der Waals surface area contributed by atoms with E-state index in [0.717, 1.165) is 19.3 Å². The van der Waals surface area contributed by atoms with E-state index in [2.05, 4.69) is 4.98 Å². The van der Waals surface area contributed by atoms with Gasteiger partial charge in [-0.3, -0.25) is 0 Å². The third-order valence-electron chi connectivity index (χ3n) is 3.73. The summed E-state index contributed by atoms with van der Waals surface area (Å²) in [7, 11) is -3.56. The van der Waals surface area contributed by atoms with Crippen LogP contribution in [0, 0.1) is 0 Å². The molecule has 1 aliphatic rings. The molecule has 1 fully saturated rings. The molecule has 0 aromatic carbocycles. The van der Waals surface area contributed by atoms with Crippen molar-refractivity contribution in [1.82, 2.24) is 13.9 Å². The van der Waals surface area contributed by atoms with Gasteiger partial charge in [-0.2, -0.15) is 4.31 Å². The number of piperidine rings is 1. The molecule has 1 N–H and O–H groups in total. The molecular formula is C13H23N3O3S. The summed E-state index contributed by atoms with van der Waals surface area (Å²) in [5.41, 5.74) is 0. The Morgan fingerprint density at radius 3 is 2.85 bits per heavy atom. The fraction of sp³-hybridized carbons (Fsp3) is 0.769. The highest BCUT2D eigenvalue weighted by Crippen LogP contribution is 2.27. The number of aromatic nitrogens is 2. The Hall–Kier alpha value is -0.920. The summed E-state index contributed by atoms with van der Waals surface area (Å²) >= 11 is 0. The topological polar surface area (TPSA) is 75.4 Å². The Labute approximate surface area is 120 Å². The van der Waals surface area contributed by atoms with Gasteiger partial charge in [0.15, 0.2) is 5.03 Å². The van der Waals surface area contributed by atoms with Crippen LogP contribution in [0.1, 0.15) is 39.5 Å². The third-order valence-corrected chi connectivity index (χ3v) is 5.57. The lowest BCUT2D eigenvalue weighted by molar-refractivity contribution is 0.131. The van der Waals surface area contributed by atoms with Crippen molar-refractivity contribution in [3.8, 4) is 0 Å². The molecule has 0 aliphatic carbocycles. The number of aliphatic hydroxyl groups excluding tert-OH is 1. The van der Waals surface area contributed by atoms with Crippen molar-refractivity contribution in [3.63, 3.8) is 0 Å². The van der Waals surface area contributed by atoms with Crippen LogP contribution >= 0.6 is 0 Å². The second-order valence-electron chi connectivity index (χ2n) is 5.39. The predicted molar refractivity (Wildman–Crippen MR) is 75.7 cm³/mol. The van der Waals surface area contributed by atoms with Crippen LogP contribution < -0.4 is 0 Å². The number of hydrogen-bond donors (Lipinski definition) is 1. The van der Waals surface area contributed by atoms with Crippen LogP contribution in [-0.4, -0.2) is 46.1 Å². The van der Waals surface area contributed by atoms with Crippen molar-refractivity contribution in [2.45, 2.75) is 63.2 Å². The normalized spacial score (nSPS) is 22.9.